The van der Waals surface area contributed by atoms with E-state index in [9.17, 15) is 18.0 Å². The number of aromatic nitrogens is 2. The fraction of sp³-hybridized carbons (Fsp3) is 0.444. The number of rotatable bonds is 2. The van der Waals surface area contributed by atoms with Gasteiger partial charge in [-0.3, -0.25) is 4.79 Å². The van der Waals surface area contributed by atoms with Crippen molar-refractivity contribution in [3.05, 3.63) is 47.3 Å². The Hall–Kier alpha value is -2.31. The second-order valence-electron chi connectivity index (χ2n) is 6.52. The van der Waals surface area contributed by atoms with E-state index in [0.29, 0.717) is 18.5 Å². The Bertz CT molecular complexity index is 765. The maximum Gasteiger partial charge on any atom is 0.393 e. The molecule has 2 aromatic rings. The predicted molar refractivity (Wildman–Crippen MR) is 87.7 cm³/mol. The van der Waals surface area contributed by atoms with Gasteiger partial charge in [-0.1, -0.05) is 0 Å². The van der Waals surface area contributed by atoms with E-state index in [1.807, 2.05) is 19.9 Å². The summed E-state index contributed by atoms with van der Waals surface area (Å²) in [7, 11) is 0. The van der Waals surface area contributed by atoms with Crippen molar-refractivity contribution in [1.82, 2.24) is 14.7 Å². The van der Waals surface area contributed by atoms with Gasteiger partial charge >= 0.3 is 6.18 Å². The average Bonchev–Trinajstić information content (AvgIpc) is 2.92. The maximum absolute atomic E-state index is 12.9. The van der Waals surface area contributed by atoms with Crippen LogP contribution in [-0.4, -0.2) is 39.9 Å². The number of alkyl halides is 3. The van der Waals surface area contributed by atoms with Gasteiger partial charge in [0.15, 0.2) is 0 Å². The van der Waals surface area contributed by atoms with Gasteiger partial charge in [-0.05, 0) is 57.0 Å². The summed E-state index contributed by atoms with van der Waals surface area (Å²) in [6, 6.07) is 8.76. The van der Waals surface area contributed by atoms with Crippen molar-refractivity contribution in [1.29, 1.82) is 0 Å². The summed E-state index contributed by atoms with van der Waals surface area (Å²) in [5.41, 5.74) is 3.08. The molecule has 4 nitrogen and oxygen atoms in total. The van der Waals surface area contributed by atoms with Crippen molar-refractivity contribution in [3.8, 4) is 5.69 Å². The van der Waals surface area contributed by atoms with E-state index < -0.39 is 12.1 Å². The van der Waals surface area contributed by atoms with E-state index in [4.69, 9.17) is 0 Å². The second-order valence-corrected chi connectivity index (χ2v) is 6.52. The standard InChI is InChI=1S/C18H20F3N3O/c1-12-10-13(2)24(22-12)16-7-5-14(6-8-16)17(25)23-9-3-4-15(11-23)18(19,20)21/h5-8,10,15H,3-4,9,11H2,1-2H3. The molecule has 2 heterocycles. The summed E-state index contributed by atoms with van der Waals surface area (Å²) in [5.74, 6) is -1.78. The third-order valence-corrected chi connectivity index (χ3v) is 4.54. The largest absolute Gasteiger partial charge is 0.393 e. The van der Waals surface area contributed by atoms with Gasteiger partial charge in [-0.2, -0.15) is 18.3 Å². The van der Waals surface area contributed by atoms with Crippen LogP contribution >= 0.6 is 0 Å². The van der Waals surface area contributed by atoms with E-state index in [2.05, 4.69) is 5.10 Å². The quantitative estimate of drug-likeness (QED) is 0.823. The van der Waals surface area contributed by atoms with Crippen LogP contribution in [0.25, 0.3) is 5.69 Å². The summed E-state index contributed by atoms with van der Waals surface area (Å²) < 4.78 is 40.5. The van der Waals surface area contributed by atoms with Crippen molar-refractivity contribution >= 4 is 5.91 Å². The Morgan fingerprint density at radius 3 is 2.44 bits per heavy atom. The van der Waals surface area contributed by atoms with Crippen molar-refractivity contribution in [2.75, 3.05) is 13.1 Å². The zero-order chi connectivity index (χ0) is 18.2. The van der Waals surface area contributed by atoms with Crippen LogP contribution in [0.4, 0.5) is 13.2 Å². The van der Waals surface area contributed by atoms with Crippen LogP contribution in [0.1, 0.15) is 34.6 Å². The Morgan fingerprint density at radius 1 is 1.20 bits per heavy atom. The number of piperidine rings is 1. The average molecular weight is 351 g/mol. The first-order valence-corrected chi connectivity index (χ1v) is 8.25. The van der Waals surface area contributed by atoms with Gasteiger partial charge < -0.3 is 4.90 Å². The molecule has 1 unspecified atom stereocenters. The van der Waals surface area contributed by atoms with E-state index in [1.165, 1.54) is 4.90 Å². The normalized spacial score (nSPS) is 18.4. The molecule has 1 atom stereocenters. The fourth-order valence-electron chi connectivity index (χ4n) is 3.25. The van der Waals surface area contributed by atoms with Gasteiger partial charge in [0.25, 0.3) is 5.91 Å². The second kappa shape index (κ2) is 6.54. The third-order valence-electron chi connectivity index (χ3n) is 4.54. The minimum absolute atomic E-state index is 0.0874. The van der Waals surface area contributed by atoms with Crippen molar-refractivity contribution < 1.29 is 18.0 Å². The minimum Gasteiger partial charge on any atom is -0.338 e. The zero-order valence-electron chi connectivity index (χ0n) is 14.2. The molecule has 0 saturated carbocycles. The molecule has 25 heavy (non-hydrogen) atoms. The van der Waals surface area contributed by atoms with Crippen molar-refractivity contribution in [2.45, 2.75) is 32.9 Å². The number of halogens is 3. The van der Waals surface area contributed by atoms with E-state index >= 15 is 0 Å². The lowest BCUT2D eigenvalue weighted by atomic mass is 9.97. The molecule has 3 rings (SSSR count). The molecule has 0 aliphatic carbocycles. The smallest absolute Gasteiger partial charge is 0.338 e. The molecule has 1 amide bonds. The molecule has 134 valence electrons. The lowest BCUT2D eigenvalue weighted by molar-refractivity contribution is -0.184. The number of carbonyl (C=O) groups excluding carboxylic acids is 1. The van der Waals surface area contributed by atoms with Crippen LogP contribution in [0.3, 0.4) is 0 Å². The molecule has 0 spiro atoms. The first-order valence-electron chi connectivity index (χ1n) is 8.25. The minimum atomic E-state index is -4.25. The molecule has 0 bridgehead atoms. The molecule has 1 aromatic heterocycles. The summed E-state index contributed by atoms with van der Waals surface area (Å²) in [6.07, 6.45) is -3.79. The highest BCUT2D eigenvalue weighted by molar-refractivity contribution is 5.94. The van der Waals surface area contributed by atoms with Crippen LogP contribution in [0, 0.1) is 19.8 Å². The number of hydrogen-bond acceptors (Lipinski definition) is 2. The first-order chi connectivity index (χ1) is 11.8. The number of likely N-dealkylation sites (tertiary alicyclic amines) is 1. The number of amides is 1. The Kier molecular flexibility index (Phi) is 4.58. The van der Waals surface area contributed by atoms with E-state index in [-0.39, 0.29) is 18.9 Å². The Labute approximate surface area is 144 Å². The van der Waals surface area contributed by atoms with E-state index in [1.54, 1.807) is 28.9 Å². The molecule has 0 N–H and O–H groups in total. The summed E-state index contributed by atoms with van der Waals surface area (Å²) in [4.78, 5) is 13.8. The van der Waals surface area contributed by atoms with Crippen molar-refractivity contribution in [3.63, 3.8) is 0 Å². The molecule has 1 fully saturated rings. The van der Waals surface area contributed by atoms with Gasteiger partial charge in [0, 0.05) is 24.3 Å². The molecule has 1 saturated heterocycles. The lowest BCUT2D eigenvalue weighted by Crippen LogP contribution is -2.44. The van der Waals surface area contributed by atoms with Gasteiger partial charge in [-0.25, -0.2) is 4.68 Å². The number of carbonyl (C=O) groups is 1. The monoisotopic (exact) mass is 351 g/mol. The summed E-state index contributed by atoms with van der Waals surface area (Å²) in [5, 5.41) is 4.38. The van der Waals surface area contributed by atoms with Crippen LogP contribution in [-0.2, 0) is 0 Å². The molecule has 1 aliphatic heterocycles. The zero-order valence-corrected chi connectivity index (χ0v) is 14.2. The van der Waals surface area contributed by atoms with Gasteiger partial charge in [0.2, 0.25) is 0 Å². The number of hydrogen-bond donors (Lipinski definition) is 0. The molecular weight excluding hydrogens is 331 g/mol. The third kappa shape index (κ3) is 3.70. The highest BCUT2D eigenvalue weighted by Crippen LogP contribution is 2.33. The lowest BCUT2D eigenvalue weighted by Gasteiger charge is -2.33. The fourth-order valence-corrected chi connectivity index (χ4v) is 3.25. The van der Waals surface area contributed by atoms with Crippen LogP contribution in [0.2, 0.25) is 0 Å². The topological polar surface area (TPSA) is 38.1 Å². The molecular formula is C18H20F3N3O. The van der Waals surface area contributed by atoms with Crippen LogP contribution < -0.4 is 0 Å². The van der Waals surface area contributed by atoms with Gasteiger partial charge in [0.05, 0.1) is 17.3 Å². The SMILES string of the molecule is Cc1cc(C)n(-c2ccc(C(=O)N3CCCC(C(F)(F)F)C3)cc2)n1. The maximum atomic E-state index is 12.9. The van der Waals surface area contributed by atoms with Crippen molar-refractivity contribution in [2.24, 2.45) is 5.92 Å². The predicted octanol–water partition coefficient (Wildman–Crippen LogP) is 3.90. The van der Waals surface area contributed by atoms with Gasteiger partial charge in [-0.15, -0.1) is 0 Å². The van der Waals surface area contributed by atoms with Crippen LogP contribution in [0.5, 0.6) is 0 Å². The molecule has 1 aromatic carbocycles. The Balaban J connectivity index is 1.76. The number of nitrogens with zero attached hydrogens (tertiary/aromatic N) is 3. The number of benzene rings is 1. The molecule has 0 radical (unpaired) electrons. The molecule has 7 heteroatoms. The number of aryl methyl sites for hydroxylation is 2. The van der Waals surface area contributed by atoms with E-state index in [0.717, 1.165) is 17.1 Å². The van der Waals surface area contributed by atoms with Gasteiger partial charge in [0.1, 0.15) is 0 Å². The summed E-state index contributed by atoms with van der Waals surface area (Å²) >= 11 is 0. The molecule has 1 aliphatic rings. The highest BCUT2D eigenvalue weighted by Gasteiger charge is 2.42. The summed E-state index contributed by atoms with van der Waals surface area (Å²) in [6.45, 7) is 3.94. The van der Waals surface area contributed by atoms with Crippen LogP contribution in [0.15, 0.2) is 30.3 Å². The first kappa shape index (κ1) is 17.5. The Morgan fingerprint density at radius 2 is 1.88 bits per heavy atom. The highest BCUT2D eigenvalue weighted by atomic mass is 19.4.